The van der Waals surface area contributed by atoms with Gasteiger partial charge >= 0.3 is 12.0 Å². The summed E-state index contributed by atoms with van der Waals surface area (Å²) < 4.78 is 10.3. The zero-order valence-electron chi connectivity index (χ0n) is 18.3. The first-order valence-corrected chi connectivity index (χ1v) is 9.75. The number of hydrogen-bond acceptors (Lipinski definition) is 6. The van der Waals surface area contributed by atoms with E-state index >= 15 is 0 Å². The molecule has 1 aromatic carbocycles. The fourth-order valence-corrected chi connectivity index (χ4v) is 2.35. The zero-order chi connectivity index (χ0) is 22.9. The second kappa shape index (κ2) is 11.2. The smallest absolute Gasteiger partial charge is 0.329 e. The number of carbonyl (C=O) groups is 4. The summed E-state index contributed by atoms with van der Waals surface area (Å²) in [5.74, 6) is -1.64. The van der Waals surface area contributed by atoms with E-state index in [0.29, 0.717) is 17.9 Å². The van der Waals surface area contributed by atoms with E-state index in [1.54, 1.807) is 58.9 Å². The minimum absolute atomic E-state index is 0.281. The Balaban J connectivity index is 2.62. The third-order valence-electron chi connectivity index (χ3n) is 3.72. The monoisotopic (exact) mass is 421 g/mol. The van der Waals surface area contributed by atoms with Crippen molar-refractivity contribution in [2.75, 3.05) is 13.2 Å². The number of nitrogens with one attached hydrogen (secondary N) is 3. The molecule has 0 unspecified atom stereocenters. The molecule has 0 aliphatic carbocycles. The third kappa shape index (κ3) is 8.93. The molecule has 0 saturated heterocycles. The van der Waals surface area contributed by atoms with Gasteiger partial charge in [0.15, 0.2) is 6.61 Å². The Kier molecular flexibility index (Phi) is 9.29. The van der Waals surface area contributed by atoms with Crippen LogP contribution in [0.5, 0.6) is 5.75 Å². The van der Waals surface area contributed by atoms with E-state index in [0.717, 1.165) is 0 Å². The molecule has 0 bridgehead atoms. The van der Waals surface area contributed by atoms with Crippen molar-refractivity contribution in [3.8, 4) is 5.75 Å². The predicted molar refractivity (Wildman–Crippen MR) is 111 cm³/mol. The fourth-order valence-electron chi connectivity index (χ4n) is 2.35. The Labute approximate surface area is 176 Å². The lowest BCUT2D eigenvalue weighted by Gasteiger charge is -2.21. The number of benzene rings is 1. The van der Waals surface area contributed by atoms with Crippen molar-refractivity contribution in [1.82, 2.24) is 16.0 Å². The Morgan fingerprint density at radius 3 is 2.13 bits per heavy atom. The van der Waals surface area contributed by atoms with Gasteiger partial charge in [0.05, 0.1) is 6.61 Å². The lowest BCUT2D eigenvalue weighted by atomic mass is 10.0. The standard InChI is InChI=1S/C21H31N3O6/c1-7-29-15-10-8-14(9-11-15)18(26)23-17(13(2)3)19(27)30-12-16(25)22-20(28)24-21(4,5)6/h8-11,13,17H,7,12H2,1-6H3,(H,23,26)(H2,22,24,25,28)/t17-/m0/s1. The van der Waals surface area contributed by atoms with Crippen molar-refractivity contribution < 1.29 is 28.7 Å². The van der Waals surface area contributed by atoms with Gasteiger partial charge in [0, 0.05) is 11.1 Å². The highest BCUT2D eigenvalue weighted by Gasteiger charge is 2.27. The molecular formula is C21H31N3O6. The van der Waals surface area contributed by atoms with Gasteiger partial charge in [0.25, 0.3) is 11.8 Å². The first-order valence-electron chi connectivity index (χ1n) is 9.75. The van der Waals surface area contributed by atoms with Gasteiger partial charge in [0.1, 0.15) is 11.8 Å². The van der Waals surface area contributed by atoms with Crippen LogP contribution in [-0.2, 0) is 14.3 Å². The zero-order valence-corrected chi connectivity index (χ0v) is 18.3. The van der Waals surface area contributed by atoms with Gasteiger partial charge in [-0.2, -0.15) is 0 Å². The average Bonchev–Trinajstić information content (AvgIpc) is 2.63. The van der Waals surface area contributed by atoms with E-state index in [-0.39, 0.29) is 5.92 Å². The number of urea groups is 1. The summed E-state index contributed by atoms with van der Waals surface area (Å²) in [4.78, 5) is 48.3. The fraction of sp³-hybridized carbons (Fsp3) is 0.524. The number of imide groups is 1. The lowest BCUT2D eigenvalue weighted by Crippen LogP contribution is -2.50. The van der Waals surface area contributed by atoms with E-state index in [1.807, 2.05) is 6.92 Å². The normalized spacial score (nSPS) is 12.0. The molecule has 0 aromatic heterocycles. The van der Waals surface area contributed by atoms with E-state index in [9.17, 15) is 19.2 Å². The molecule has 1 atom stereocenters. The molecule has 3 N–H and O–H groups in total. The largest absolute Gasteiger partial charge is 0.494 e. The maximum atomic E-state index is 12.5. The average molecular weight is 421 g/mol. The van der Waals surface area contributed by atoms with Crippen molar-refractivity contribution in [3.05, 3.63) is 29.8 Å². The van der Waals surface area contributed by atoms with Crippen LogP contribution in [0.4, 0.5) is 4.79 Å². The number of hydrogen-bond donors (Lipinski definition) is 3. The molecule has 0 saturated carbocycles. The van der Waals surface area contributed by atoms with Crippen molar-refractivity contribution in [2.45, 2.75) is 53.1 Å². The number of ether oxygens (including phenoxy) is 2. The molecule has 9 heteroatoms. The summed E-state index contributed by atoms with van der Waals surface area (Å²) >= 11 is 0. The molecule has 1 rings (SSSR count). The van der Waals surface area contributed by atoms with E-state index in [4.69, 9.17) is 9.47 Å². The van der Waals surface area contributed by atoms with Crippen LogP contribution in [0.15, 0.2) is 24.3 Å². The highest BCUT2D eigenvalue weighted by atomic mass is 16.5. The van der Waals surface area contributed by atoms with Crippen LogP contribution in [0.1, 0.15) is 51.9 Å². The van der Waals surface area contributed by atoms with Crippen molar-refractivity contribution in [3.63, 3.8) is 0 Å². The Hall–Kier alpha value is -3.10. The predicted octanol–water partition coefficient (Wildman–Crippen LogP) is 2.01. The van der Waals surface area contributed by atoms with Gasteiger partial charge in [-0.3, -0.25) is 14.9 Å². The summed E-state index contributed by atoms with van der Waals surface area (Å²) in [7, 11) is 0. The van der Waals surface area contributed by atoms with E-state index in [1.165, 1.54) is 0 Å². The quantitative estimate of drug-likeness (QED) is 0.552. The summed E-state index contributed by atoms with van der Waals surface area (Å²) in [6.07, 6.45) is 0. The molecular weight excluding hydrogens is 390 g/mol. The van der Waals surface area contributed by atoms with Gasteiger partial charge in [-0.25, -0.2) is 9.59 Å². The summed E-state index contributed by atoms with van der Waals surface area (Å²) in [6.45, 7) is 10.5. The van der Waals surface area contributed by atoms with Gasteiger partial charge < -0.3 is 20.1 Å². The van der Waals surface area contributed by atoms with Crippen molar-refractivity contribution in [1.29, 1.82) is 0 Å². The van der Waals surface area contributed by atoms with Crippen LogP contribution in [-0.4, -0.2) is 48.6 Å². The van der Waals surface area contributed by atoms with Crippen LogP contribution in [0.25, 0.3) is 0 Å². The molecule has 1 aromatic rings. The van der Waals surface area contributed by atoms with Crippen LogP contribution >= 0.6 is 0 Å². The van der Waals surface area contributed by atoms with Gasteiger partial charge in [0.2, 0.25) is 0 Å². The highest BCUT2D eigenvalue weighted by molar-refractivity contribution is 5.98. The molecule has 0 radical (unpaired) electrons. The topological polar surface area (TPSA) is 123 Å². The molecule has 4 amide bonds. The molecule has 0 heterocycles. The molecule has 0 aliphatic heterocycles. The minimum atomic E-state index is -0.958. The number of amides is 4. The molecule has 9 nitrogen and oxygen atoms in total. The molecule has 0 spiro atoms. The van der Waals surface area contributed by atoms with E-state index < -0.39 is 42.0 Å². The van der Waals surface area contributed by atoms with Gasteiger partial charge in [-0.15, -0.1) is 0 Å². The maximum Gasteiger partial charge on any atom is 0.329 e. The third-order valence-corrected chi connectivity index (χ3v) is 3.72. The number of esters is 1. The van der Waals surface area contributed by atoms with Crippen LogP contribution < -0.4 is 20.7 Å². The van der Waals surface area contributed by atoms with E-state index in [2.05, 4.69) is 16.0 Å². The molecule has 0 aliphatic rings. The Morgan fingerprint density at radius 2 is 1.63 bits per heavy atom. The summed E-state index contributed by atoms with van der Waals surface area (Å²) in [6, 6.07) is 4.85. The summed E-state index contributed by atoms with van der Waals surface area (Å²) in [5, 5.41) is 7.25. The number of carbonyl (C=O) groups excluding carboxylic acids is 4. The lowest BCUT2D eigenvalue weighted by molar-refractivity contribution is -0.151. The number of rotatable bonds is 8. The van der Waals surface area contributed by atoms with Crippen molar-refractivity contribution >= 4 is 23.8 Å². The van der Waals surface area contributed by atoms with Crippen LogP contribution in [0.2, 0.25) is 0 Å². The molecule has 166 valence electrons. The molecule has 30 heavy (non-hydrogen) atoms. The SMILES string of the molecule is CCOc1ccc(C(=O)N[C@H](C(=O)OCC(=O)NC(=O)NC(C)(C)C)C(C)C)cc1. The summed E-state index contributed by atoms with van der Waals surface area (Å²) in [5.41, 5.74) is -0.164. The Morgan fingerprint density at radius 1 is 1.03 bits per heavy atom. The Bertz CT molecular complexity index is 753. The van der Waals surface area contributed by atoms with Gasteiger partial charge in [-0.05, 0) is 57.9 Å². The minimum Gasteiger partial charge on any atom is -0.494 e. The molecule has 0 fully saturated rings. The van der Waals surface area contributed by atoms with Crippen molar-refractivity contribution in [2.24, 2.45) is 5.92 Å². The second-order valence-electron chi connectivity index (χ2n) is 8.01. The first kappa shape index (κ1) is 24.9. The van der Waals surface area contributed by atoms with Gasteiger partial charge in [-0.1, -0.05) is 13.8 Å². The first-order chi connectivity index (χ1) is 13.9. The maximum absolute atomic E-state index is 12.5. The van der Waals surface area contributed by atoms with Crippen LogP contribution in [0, 0.1) is 5.92 Å². The highest BCUT2D eigenvalue weighted by Crippen LogP contribution is 2.13. The second-order valence-corrected chi connectivity index (χ2v) is 8.01. The van der Waals surface area contributed by atoms with Crippen LogP contribution in [0.3, 0.4) is 0 Å².